The summed E-state index contributed by atoms with van der Waals surface area (Å²) in [6, 6.07) is 3.01. The van der Waals surface area contributed by atoms with Gasteiger partial charge in [0.2, 0.25) is 0 Å². The third-order valence-electron chi connectivity index (χ3n) is 4.64. The van der Waals surface area contributed by atoms with Crippen molar-refractivity contribution in [3.63, 3.8) is 0 Å². The number of methoxy groups -OCH3 is 1. The van der Waals surface area contributed by atoms with Crippen molar-refractivity contribution in [1.29, 1.82) is 0 Å². The second kappa shape index (κ2) is 6.84. The Hall–Kier alpha value is -2.49. The highest BCUT2D eigenvalue weighted by atomic mass is 32.2. The highest BCUT2D eigenvalue weighted by Gasteiger charge is 2.37. The Balaban J connectivity index is 2.16. The number of rotatable bonds is 4. The van der Waals surface area contributed by atoms with E-state index < -0.39 is 27.0 Å². The minimum Gasteiger partial charge on any atom is -0.495 e. The highest BCUT2D eigenvalue weighted by Crippen LogP contribution is 2.42. The monoisotopic (exact) mass is 415 g/mol. The van der Waals surface area contributed by atoms with E-state index in [1.54, 1.807) is 30.9 Å². The fourth-order valence-electron chi connectivity index (χ4n) is 3.08. The minimum absolute atomic E-state index is 0.0356. The summed E-state index contributed by atoms with van der Waals surface area (Å²) in [5, 5.41) is 5.25. The average Bonchev–Trinajstić information content (AvgIpc) is 3.01. The van der Waals surface area contributed by atoms with Gasteiger partial charge in [-0.1, -0.05) is 12.2 Å². The van der Waals surface area contributed by atoms with Gasteiger partial charge in [-0.3, -0.25) is 5.10 Å². The molecule has 10 heteroatoms. The molecular formula is C18H20F3N3O3S. The molecule has 152 valence electrons. The summed E-state index contributed by atoms with van der Waals surface area (Å²) >= 11 is 0. The second-order valence-corrected chi connectivity index (χ2v) is 9.19. The van der Waals surface area contributed by atoms with Crippen LogP contribution in [0.1, 0.15) is 30.7 Å². The molecule has 0 bridgehead atoms. The molecule has 1 aromatic carbocycles. The number of benzene rings is 1. The molecule has 2 heterocycles. The number of nitrogens with one attached hydrogen (secondary N) is 1. The van der Waals surface area contributed by atoms with Gasteiger partial charge in [0.1, 0.15) is 16.3 Å². The van der Waals surface area contributed by atoms with E-state index in [1.807, 2.05) is 0 Å². The van der Waals surface area contributed by atoms with Crippen LogP contribution in [-0.2, 0) is 16.0 Å². The van der Waals surface area contributed by atoms with Crippen LogP contribution in [0.4, 0.5) is 24.7 Å². The maximum Gasteiger partial charge on any atom is 0.433 e. The summed E-state index contributed by atoms with van der Waals surface area (Å²) in [6.07, 6.45) is -1.07. The van der Waals surface area contributed by atoms with E-state index in [0.29, 0.717) is 11.3 Å². The first-order chi connectivity index (χ1) is 13.0. The first-order valence-electron chi connectivity index (χ1n) is 8.50. The number of H-pyrrole nitrogens is 1. The number of nitrogens with zero attached hydrogens (tertiary/aromatic N) is 2. The molecule has 28 heavy (non-hydrogen) atoms. The number of hydrogen-bond acceptors (Lipinski definition) is 5. The van der Waals surface area contributed by atoms with E-state index >= 15 is 0 Å². The summed E-state index contributed by atoms with van der Waals surface area (Å²) < 4.78 is 69.9. The fourth-order valence-corrected chi connectivity index (χ4v) is 4.30. The van der Waals surface area contributed by atoms with Crippen LogP contribution in [-0.4, -0.2) is 37.5 Å². The first-order valence-corrected chi connectivity index (χ1v) is 10.0. The lowest BCUT2D eigenvalue weighted by molar-refractivity contribution is -0.141. The van der Waals surface area contributed by atoms with E-state index in [-0.39, 0.29) is 28.6 Å². The van der Waals surface area contributed by atoms with Gasteiger partial charge in [-0.15, -0.1) is 0 Å². The topological polar surface area (TPSA) is 75.3 Å². The van der Waals surface area contributed by atoms with Crippen LogP contribution in [0.3, 0.4) is 0 Å². The molecule has 1 aromatic heterocycles. The van der Waals surface area contributed by atoms with E-state index in [2.05, 4.69) is 10.2 Å². The molecule has 3 rings (SSSR count). The zero-order chi connectivity index (χ0) is 20.9. The molecule has 0 fully saturated rings. The largest absolute Gasteiger partial charge is 0.495 e. The van der Waals surface area contributed by atoms with Crippen LogP contribution < -0.4 is 9.64 Å². The number of hydrogen-bond donors (Lipinski definition) is 1. The SMILES string of the molecule is COc1cc2c(cc1S(=O)(=O)C(C)C)C=CCN2c1n[nH]c(C(F)(F)F)c1C. The zero-order valence-corrected chi connectivity index (χ0v) is 16.6. The van der Waals surface area contributed by atoms with Crippen molar-refractivity contribution in [2.24, 2.45) is 0 Å². The van der Waals surface area contributed by atoms with Crippen LogP contribution in [0, 0.1) is 6.92 Å². The molecular weight excluding hydrogens is 395 g/mol. The standard InChI is InChI=1S/C18H20F3N3O3S/c1-10(2)28(25,26)15-8-12-6-5-7-24(13(12)9-14(15)27-4)17-11(3)16(22-23-17)18(19,20)21/h5-6,8-10H,7H2,1-4H3,(H,22,23). The molecule has 1 aliphatic rings. The van der Waals surface area contributed by atoms with Gasteiger partial charge in [0, 0.05) is 18.2 Å². The van der Waals surface area contributed by atoms with Crippen LogP contribution in [0.5, 0.6) is 5.75 Å². The van der Waals surface area contributed by atoms with Gasteiger partial charge >= 0.3 is 6.18 Å². The molecule has 0 saturated carbocycles. The maximum absolute atomic E-state index is 13.1. The van der Waals surface area contributed by atoms with Gasteiger partial charge in [0.15, 0.2) is 15.7 Å². The summed E-state index contributed by atoms with van der Waals surface area (Å²) in [6.45, 7) is 4.77. The first kappa shape index (κ1) is 20.2. The van der Waals surface area contributed by atoms with Gasteiger partial charge in [0.05, 0.1) is 18.0 Å². The van der Waals surface area contributed by atoms with Crippen molar-refractivity contribution in [2.45, 2.75) is 37.1 Å². The Labute approximate surface area is 160 Å². The molecule has 0 aliphatic carbocycles. The Morgan fingerprint density at radius 3 is 2.50 bits per heavy atom. The summed E-state index contributed by atoms with van der Waals surface area (Å²) in [5.41, 5.74) is 0.129. The van der Waals surface area contributed by atoms with Crippen molar-refractivity contribution in [3.05, 3.63) is 35.0 Å². The van der Waals surface area contributed by atoms with Crippen LogP contribution >= 0.6 is 0 Å². The Kier molecular flexibility index (Phi) is 4.95. The van der Waals surface area contributed by atoms with Crippen LogP contribution in [0.15, 0.2) is 23.1 Å². The van der Waals surface area contributed by atoms with Crippen molar-refractivity contribution in [3.8, 4) is 5.75 Å². The van der Waals surface area contributed by atoms with E-state index in [1.165, 1.54) is 26.2 Å². The van der Waals surface area contributed by atoms with Gasteiger partial charge in [-0.05, 0) is 32.4 Å². The Morgan fingerprint density at radius 2 is 1.96 bits per heavy atom. The lowest BCUT2D eigenvalue weighted by atomic mass is 10.1. The molecule has 0 saturated heterocycles. The molecule has 1 N–H and O–H groups in total. The lowest BCUT2D eigenvalue weighted by Crippen LogP contribution is -2.23. The molecule has 2 aromatic rings. The smallest absolute Gasteiger partial charge is 0.433 e. The molecule has 0 unspecified atom stereocenters. The lowest BCUT2D eigenvalue weighted by Gasteiger charge is -2.28. The molecule has 1 aliphatic heterocycles. The number of alkyl halides is 3. The number of aromatic nitrogens is 2. The molecule has 6 nitrogen and oxygen atoms in total. The maximum atomic E-state index is 13.1. The molecule has 0 radical (unpaired) electrons. The number of ether oxygens (including phenoxy) is 1. The molecule has 0 amide bonds. The Morgan fingerprint density at radius 1 is 1.29 bits per heavy atom. The van der Waals surface area contributed by atoms with Gasteiger partial charge in [-0.25, -0.2) is 8.42 Å². The predicted molar refractivity (Wildman–Crippen MR) is 99.7 cm³/mol. The fraction of sp³-hybridized carbons (Fsp3) is 0.389. The van der Waals surface area contributed by atoms with Gasteiger partial charge in [0.25, 0.3) is 0 Å². The van der Waals surface area contributed by atoms with Crippen molar-refractivity contribution < 1.29 is 26.3 Å². The zero-order valence-electron chi connectivity index (χ0n) is 15.8. The van der Waals surface area contributed by atoms with Crippen molar-refractivity contribution >= 4 is 27.4 Å². The highest BCUT2D eigenvalue weighted by molar-refractivity contribution is 7.92. The van der Waals surface area contributed by atoms with Gasteiger partial charge < -0.3 is 9.64 Å². The number of sulfone groups is 1. The van der Waals surface area contributed by atoms with Crippen molar-refractivity contribution in [2.75, 3.05) is 18.6 Å². The van der Waals surface area contributed by atoms with E-state index in [9.17, 15) is 21.6 Å². The number of aromatic amines is 1. The third kappa shape index (κ3) is 3.25. The second-order valence-electron chi connectivity index (χ2n) is 6.71. The third-order valence-corrected chi connectivity index (χ3v) is 6.81. The Bertz CT molecular complexity index is 1040. The van der Waals surface area contributed by atoms with Crippen molar-refractivity contribution in [1.82, 2.24) is 10.2 Å². The minimum atomic E-state index is -4.54. The van der Waals surface area contributed by atoms with Crippen LogP contribution in [0.2, 0.25) is 0 Å². The quantitative estimate of drug-likeness (QED) is 0.814. The van der Waals surface area contributed by atoms with E-state index in [4.69, 9.17) is 4.74 Å². The summed E-state index contributed by atoms with van der Waals surface area (Å²) in [7, 11) is -2.25. The normalized spacial score (nSPS) is 14.5. The predicted octanol–water partition coefficient (Wildman–Crippen LogP) is 4.09. The number of halogens is 3. The average molecular weight is 415 g/mol. The summed E-state index contributed by atoms with van der Waals surface area (Å²) in [4.78, 5) is 1.63. The van der Waals surface area contributed by atoms with E-state index in [0.717, 1.165) is 0 Å². The molecule has 0 atom stereocenters. The number of anilines is 2. The van der Waals surface area contributed by atoms with Gasteiger partial charge in [-0.2, -0.15) is 18.3 Å². The molecule has 0 spiro atoms. The number of fused-ring (bicyclic) bond motifs is 1. The van der Waals surface area contributed by atoms with Crippen LogP contribution in [0.25, 0.3) is 6.08 Å². The summed E-state index contributed by atoms with van der Waals surface area (Å²) in [5.74, 6) is 0.261.